The van der Waals surface area contributed by atoms with Crippen LogP contribution in [-0.2, 0) is 6.61 Å². The second-order valence-electron chi connectivity index (χ2n) is 3.72. The molecule has 0 amide bonds. The minimum atomic E-state index is -0.972. The standard InChI is InChI=1S/C13H8BrF3O2/c14-9-2-1-8(15)5-12(9)19-13-10(16)3-7(6-18)4-11(13)17/h1-5,18H,6H2. The number of aliphatic hydroxyl groups is 1. The van der Waals surface area contributed by atoms with Gasteiger partial charge in [0.1, 0.15) is 11.6 Å². The maximum atomic E-state index is 13.6. The van der Waals surface area contributed by atoms with Crippen molar-refractivity contribution in [2.75, 3.05) is 0 Å². The third-order valence-corrected chi connectivity index (χ3v) is 3.00. The maximum absolute atomic E-state index is 13.6. The molecule has 0 bridgehead atoms. The summed E-state index contributed by atoms with van der Waals surface area (Å²) < 4.78 is 45.7. The molecule has 0 aromatic heterocycles. The van der Waals surface area contributed by atoms with Crippen LogP contribution in [0.3, 0.4) is 0 Å². The molecule has 1 N–H and O–H groups in total. The van der Waals surface area contributed by atoms with E-state index in [1.807, 2.05) is 0 Å². The zero-order valence-electron chi connectivity index (χ0n) is 9.46. The molecule has 0 radical (unpaired) electrons. The van der Waals surface area contributed by atoms with Crippen LogP contribution in [0.2, 0.25) is 0 Å². The van der Waals surface area contributed by atoms with Gasteiger partial charge < -0.3 is 9.84 Å². The van der Waals surface area contributed by atoms with Gasteiger partial charge in [0.2, 0.25) is 0 Å². The first-order valence-corrected chi connectivity index (χ1v) is 6.02. The van der Waals surface area contributed by atoms with Gasteiger partial charge in [-0.15, -0.1) is 0 Å². The Morgan fingerprint density at radius 1 is 1.05 bits per heavy atom. The van der Waals surface area contributed by atoms with Crippen molar-refractivity contribution in [3.8, 4) is 11.5 Å². The van der Waals surface area contributed by atoms with E-state index in [2.05, 4.69) is 15.9 Å². The van der Waals surface area contributed by atoms with E-state index in [4.69, 9.17) is 9.84 Å². The normalized spacial score (nSPS) is 10.6. The van der Waals surface area contributed by atoms with Crippen LogP contribution < -0.4 is 4.74 Å². The van der Waals surface area contributed by atoms with E-state index < -0.39 is 29.8 Å². The van der Waals surface area contributed by atoms with Crippen LogP contribution in [0.5, 0.6) is 11.5 Å². The molecule has 2 nitrogen and oxygen atoms in total. The molecule has 0 saturated heterocycles. The Hall–Kier alpha value is -1.53. The van der Waals surface area contributed by atoms with Gasteiger partial charge in [-0.3, -0.25) is 0 Å². The van der Waals surface area contributed by atoms with E-state index in [0.29, 0.717) is 4.47 Å². The highest BCUT2D eigenvalue weighted by atomic mass is 79.9. The quantitative estimate of drug-likeness (QED) is 0.914. The molecule has 0 aliphatic carbocycles. The highest BCUT2D eigenvalue weighted by Gasteiger charge is 2.15. The number of hydrogen-bond acceptors (Lipinski definition) is 2. The number of aliphatic hydroxyl groups excluding tert-OH is 1. The molecular formula is C13H8BrF3O2. The summed E-state index contributed by atoms with van der Waals surface area (Å²) in [5.41, 5.74) is 0.0839. The monoisotopic (exact) mass is 332 g/mol. The summed E-state index contributed by atoms with van der Waals surface area (Å²) in [7, 11) is 0. The number of hydrogen-bond donors (Lipinski definition) is 1. The summed E-state index contributed by atoms with van der Waals surface area (Å²) in [6.45, 7) is -0.488. The Balaban J connectivity index is 2.41. The molecule has 0 aliphatic rings. The van der Waals surface area contributed by atoms with Gasteiger partial charge in [-0.2, -0.15) is 0 Å². The van der Waals surface area contributed by atoms with Crippen molar-refractivity contribution in [2.45, 2.75) is 6.61 Å². The predicted octanol–water partition coefficient (Wildman–Crippen LogP) is 4.15. The SMILES string of the molecule is OCc1cc(F)c(Oc2cc(F)ccc2Br)c(F)c1. The summed E-state index contributed by atoms with van der Waals surface area (Å²) >= 11 is 3.09. The zero-order valence-corrected chi connectivity index (χ0v) is 11.0. The van der Waals surface area contributed by atoms with Crippen molar-refractivity contribution in [3.63, 3.8) is 0 Å². The Labute approximate surface area is 115 Å². The zero-order chi connectivity index (χ0) is 14.0. The van der Waals surface area contributed by atoms with Gasteiger partial charge in [0.25, 0.3) is 0 Å². The predicted molar refractivity (Wildman–Crippen MR) is 66.5 cm³/mol. The van der Waals surface area contributed by atoms with Crippen LogP contribution in [0.25, 0.3) is 0 Å². The lowest BCUT2D eigenvalue weighted by Crippen LogP contribution is -1.96. The molecule has 0 saturated carbocycles. The minimum absolute atomic E-state index is 0.0467. The molecule has 0 unspecified atom stereocenters. The fourth-order valence-corrected chi connectivity index (χ4v) is 1.79. The molecular weight excluding hydrogens is 325 g/mol. The first kappa shape index (κ1) is 13.9. The summed E-state index contributed by atoms with van der Waals surface area (Å²) in [6, 6.07) is 5.45. The van der Waals surface area contributed by atoms with Crippen molar-refractivity contribution in [1.82, 2.24) is 0 Å². The molecule has 2 rings (SSSR count). The van der Waals surface area contributed by atoms with Crippen molar-refractivity contribution < 1.29 is 23.0 Å². The third-order valence-electron chi connectivity index (χ3n) is 2.35. The van der Waals surface area contributed by atoms with Gasteiger partial charge in [-0.1, -0.05) is 0 Å². The summed E-state index contributed by atoms with van der Waals surface area (Å²) in [6.07, 6.45) is 0. The van der Waals surface area contributed by atoms with Crippen molar-refractivity contribution in [3.05, 3.63) is 57.8 Å². The van der Waals surface area contributed by atoms with E-state index in [9.17, 15) is 13.2 Å². The third kappa shape index (κ3) is 3.08. The average molecular weight is 333 g/mol. The smallest absolute Gasteiger partial charge is 0.198 e. The molecule has 2 aromatic rings. The molecule has 100 valence electrons. The fraction of sp³-hybridized carbons (Fsp3) is 0.0769. The average Bonchev–Trinajstić information content (AvgIpc) is 2.37. The van der Waals surface area contributed by atoms with Crippen LogP contribution in [0.1, 0.15) is 5.56 Å². The molecule has 0 heterocycles. The lowest BCUT2D eigenvalue weighted by molar-refractivity contribution is 0.279. The van der Waals surface area contributed by atoms with Gasteiger partial charge in [0.15, 0.2) is 17.4 Å². The summed E-state index contributed by atoms with van der Waals surface area (Å²) in [5, 5.41) is 8.82. The van der Waals surface area contributed by atoms with Crippen LogP contribution >= 0.6 is 15.9 Å². The van der Waals surface area contributed by atoms with Gasteiger partial charge in [0.05, 0.1) is 11.1 Å². The molecule has 0 atom stereocenters. The van der Waals surface area contributed by atoms with Gasteiger partial charge in [-0.05, 0) is 45.8 Å². The lowest BCUT2D eigenvalue weighted by Gasteiger charge is -2.10. The highest BCUT2D eigenvalue weighted by molar-refractivity contribution is 9.10. The molecule has 0 aliphatic heterocycles. The topological polar surface area (TPSA) is 29.5 Å². The van der Waals surface area contributed by atoms with E-state index >= 15 is 0 Å². The highest BCUT2D eigenvalue weighted by Crippen LogP contribution is 2.33. The van der Waals surface area contributed by atoms with E-state index in [1.165, 1.54) is 12.1 Å². The molecule has 0 spiro atoms. The fourth-order valence-electron chi connectivity index (χ4n) is 1.47. The molecule has 2 aromatic carbocycles. The Bertz CT molecular complexity index is 594. The first-order valence-electron chi connectivity index (χ1n) is 5.23. The Morgan fingerprint density at radius 3 is 2.26 bits per heavy atom. The lowest BCUT2D eigenvalue weighted by atomic mass is 10.2. The van der Waals surface area contributed by atoms with E-state index in [1.54, 1.807) is 0 Å². The van der Waals surface area contributed by atoms with Crippen molar-refractivity contribution in [1.29, 1.82) is 0 Å². The number of rotatable bonds is 3. The molecule has 19 heavy (non-hydrogen) atoms. The summed E-state index contributed by atoms with van der Waals surface area (Å²) in [5.74, 6) is -3.23. The Kier molecular flexibility index (Phi) is 4.11. The van der Waals surface area contributed by atoms with Crippen LogP contribution in [0, 0.1) is 17.5 Å². The largest absolute Gasteiger partial charge is 0.450 e. The van der Waals surface area contributed by atoms with Crippen LogP contribution in [0.4, 0.5) is 13.2 Å². The van der Waals surface area contributed by atoms with Crippen molar-refractivity contribution in [2.24, 2.45) is 0 Å². The molecule has 6 heteroatoms. The number of benzene rings is 2. The summed E-state index contributed by atoms with van der Waals surface area (Å²) in [4.78, 5) is 0. The van der Waals surface area contributed by atoms with Gasteiger partial charge in [-0.25, -0.2) is 13.2 Å². The number of ether oxygens (including phenoxy) is 1. The Morgan fingerprint density at radius 2 is 1.68 bits per heavy atom. The van der Waals surface area contributed by atoms with Crippen LogP contribution in [-0.4, -0.2) is 5.11 Å². The van der Waals surface area contributed by atoms with Gasteiger partial charge in [0, 0.05) is 6.07 Å². The first-order chi connectivity index (χ1) is 9.01. The second-order valence-corrected chi connectivity index (χ2v) is 4.58. The second kappa shape index (κ2) is 5.63. The number of halogens is 4. The van der Waals surface area contributed by atoms with E-state index in [0.717, 1.165) is 18.2 Å². The maximum Gasteiger partial charge on any atom is 0.198 e. The van der Waals surface area contributed by atoms with Crippen LogP contribution in [0.15, 0.2) is 34.8 Å². The minimum Gasteiger partial charge on any atom is -0.450 e. The van der Waals surface area contributed by atoms with E-state index in [-0.39, 0.29) is 11.3 Å². The van der Waals surface area contributed by atoms with Gasteiger partial charge >= 0.3 is 0 Å². The van der Waals surface area contributed by atoms with Crippen molar-refractivity contribution >= 4 is 15.9 Å². The molecule has 0 fully saturated rings.